The summed E-state index contributed by atoms with van der Waals surface area (Å²) in [5.41, 5.74) is 0. The highest BCUT2D eigenvalue weighted by Crippen LogP contribution is 1.73. The van der Waals surface area contributed by atoms with Crippen molar-refractivity contribution in [2.45, 2.75) is 0 Å². The van der Waals surface area contributed by atoms with Crippen molar-refractivity contribution in [3.63, 3.8) is 0 Å². The Balaban J connectivity index is 3.85. The van der Waals surface area contributed by atoms with Crippen LogP contribution in [0.4, 0.5) is 0 Å². The van der Waals surface area contributed by atoms with Crippen LogP contribution >= 0.6 is 0 Å². The Morgan fingerprint density at radius 2 is 2.30 bits per heavy atom. The first-order valence-corrected chi connectivity index (χ1v) is 2.27. The lowest BCUT2D eigenvalue weighted by Crippen LogP contribution is -2.47. The first kappa shape index (κ1) is 8.43. The Labute approximate surface area is 56.4 Å². The van der Waals surface area contributed by atoms with Gasteiger partial charge in [-0.3, -0.25) is 4.79 Å². The van der Waals surface area contributed by atoms with E-state index < -0.39 is 12.5 Å². The molecule has 58 valence electrons. The van der Waals surface area contributed by atoms with Crippen molar-refractivity contribution >= 4 is 5.97 Å². The lowest BCUT2D eigenvalue weighted by molar-refractivity contribution is -0.756. The van der Waals surface area contributed by atoms with Gasteiger partial charge in [0.15, 0.2) is 6.54 Å². The maximum atomic E-state index is 9.94. The van der Waals surface area contributed by atoms with Crippen LogP contribution in [0.25, 0.3) is 0 Å². The molecular weight excluding hydrogens is 140 g/mol. The fourth-order valence-electron chi connectivity index (χ4n) is 0.277. The minimum atomic E-state index is -1.12. The molecule has 0 aliphatic carbocycles. The summed E-state index contributed by atoms with van der Waals surface area (Å²) in [6, 6.07) is 0. The molecule has 0 amide bonds. The molecule has 0 aromatic carbocycles. The maximum Gasteiger partial charge on any atom is 0.328 e. The molecule has 0 atom stereocenters. The molecular formula is C2H9N6O2+. The number of rotatable bonds is 3. The average Bonchev–Trinajstić information content (AvgIpc) is 1.85. The molecule has 0 rings (SSSR count). The molecule has 0 saturated heterocycles. The molecule has 7 N–H and O–H groups in total. The van der Waals surface area contributed by atoms with Gasteiger partial charge < -0.3 is 5.11 Å². The van der Waals surface area contributed by atoms with Gasteiger partial charge in [-0.25, -0.2) is 11.7 Å². The van der Waals surface area contributed by atoms with Crippen molar-refractivity contribution < 1.29 is 14.8 Å². The van der Waals surface area contributed by atoms with E-state index in [2.05, 4.69) is 11.1 Å². The van der Waals surface area contributed by atoms with Crippen LogP contribution in [0.3, 0.4) is 0 Å². The second kappa shape index (κ2) is 3.45. The van der Waals surface area contributed by atoms with E-state index in [1.807, 2.05) is 0 Å². The number of nitrogens with zero attached hydrogens (tertiary/aromatic N) is 3. The van der Waals surface area contributed by atoms with Crippen LogP contribution in [0.2, 0.25) is 0 Å². The predicted octanol–water partition coefficient (Wildman–Crippen LogP) is -2.63. The van der Waals surface area contributed by atoms with E-state index in [1.54, 1.807) is 0 Å². The van der Waals surface area contributed by atoms with Gasteiger partial charge in [-0.1, -0.05) is 0 Å². The lowest BCUT2D eigenvalue weighted by atomic mass is 10.7. The zero-order valence-electron chi connectivity index (χ0n) is 5.14. The number of hydrazine groups is 3. The van der Waals surface area contributed by atoms with Gasteiger partial charge in [-0.2, -0.15) is 5.84 Å². The van der Waals surface area contributed by atoms with Crippen molar-refractivity contribution in [1.29, 1.82) is 0 Å². The summed E-state index contributed by atoms with van der Waals surface area (Å²) in [5, 5.41) is 11.7. The zero-order valence-corrected chi connectivity index (χ0v) is 5.14. The van der Waals surface area contributed by atoms with Gasteiger partial charge in [0.1, 0.15) is 5.22 Å². The van der Waals surface area contributed by atoms with Crippen LogP contribution in [0.15, 0.2) is 5.22 Å². The second-order valence-corrected chi connectivity index (χ2v) is 1.43. The van der Waals surface area contributed by atoms with Gasteiger partial charge >= 0.3 is 5.97 Å². The van der Waals surface area contributed by atoms with Crippen molar-refractivity contribution in [3.05, 3.63) is 0 Å². The summed E-state index contributed by atoms with van der Waals surface area (Å²) in [5.74, 6) is 13.5. The Kier molecular flexibility index (Phi) is 2.91. The molecule has 0 aromatic heterocycles. The second-order valence-electron chi connectivity index (χ2n) is 1.43. The molecule has 0 spiro atoms. The van der Waals surface area contributed by atoms with E-state index in [-0.39, 0.29) is 0 Å². The minimum Gasteiger partial charge on any atom is -0.480 e. The van der Waals surface area contributed by atoms with E-state index in [1.165, 1.54) is 0 Å². The molecule has 0 heterocycles. The molecule has 0 bridgehead atoms. The molecule has 0 aliphatic rings. The van der Waals surface area contributed by atoms with E-state index in [4.69, 9.17) is 16.8 Å². The van der Waals surface area contributed by atoms with Gasteiger partial charge in [-0.15, -0.1) is 5.12 Å². The SMILES string of the molecule is N/N=[N+](\N)N(N)CC(=O)O. The Hall–Kier alpha value is -1.57. The van der Waals surface area contributed by atoms with Gasteiger partial charge in [0.25, 0.3) is 0 Å². The van der Waals surface area contributed by atoms with Crippen molar-refractivity contribution in [2.24, 2.45) is 22.8 Å². The number of carbonyl (C=O) groups is 1. The van der Waals surface area contributed by atoms with Crippen molar-refractivity contribution in [3.8, 4) is 0 Å². The maximum absolute atomic E-state index is 9.94. The van der Waals surface area contributed by atoms with Gasteiger partial charge in [0.2, 0.25) is 0 Å². The normalized spacial score (nSPS) is 11.1. The Morgan fingerprint density at radius 3 is 2.60 bits per heavy atom. The van der Waals surface area contributed by atoms with Crippen molar-refractivity contribution in [2.75, 3.05) is 6.54 Å². The lowest BCUT2D eigenvalue weighted by Gasteiger charge is -2.07. The van der Waals surface area contributed by atoms with E-state index in [9.17, 15) is 4.79 Å². The third-order valence-electron chi connectivity index (χ3n) is 0.679. The van der Waals surface area contributed by atoms with Crippen LogP contribution in [0.5, 0.6) is 0 Å². The van der Waals surface area contributed by atoms with E-state index in [0.717, 1.165) is 0 Å². The summed E-state index contributed by atoms with van der Waals surface area (Å²) in [6.45, 7) is -0.461. The highest BCUT2D eigenvalue weighted by Gasteiger charge is 2.08. The van der Waals surface area contributed by atoms with Gasteiger partial charge in [-0.05, 0) is 0 Å². The molecule has 0 radical (unpaired) electrons. The number of hydrogen-bond acceptors (Lipinski definition) is 3. The number of carboxylic acids is 1. The molecule has 0 aliphatic heterocycles. The minimum absolute atomic E-state index is 0.461. The van der Waals surface area contributed by atoms with Gasteiger partial charge in [0, 0.05) is 0 Å². The zero-order chi connectivity index (χ0) is 8.15. The summed E-state index contributed by atoms with van der Waals surface area (Å²) >= 11 is 0. The van der Waals surface area contributed by atoms with E-state index >= 15 is 0 Å². The van der Waals surface area contributed by atoms with Crippen LogP contribution in [0.1, 0.15) is 0 Å². The van der Waals surface area contributed by atoms with E-state index in [0.29, 0.717) is 10.0 Å². The molecule has 0 fully saturated rings. The standard InChI is InChI=1S/C2H8N6O2/c3-6-8(5)7(4)1-2(9)10/h3H,1,4-5H2,(H,9,10)/p+1. The summed E-state index contributed by atoms with van der Waals surface area (Å²) in [7, 11) is 0. The third kappa shape index (κ3) is 2.67. The molecule has 8 nitrogen and oxygen atoms in total. The predicted molar refractivity (Wildman–Crippen MR) is 29.6 cm³/mol. The summed E-state index contributed by atoms with van der Waals surface area (Å²) < 4.78 is 0. The third-order valence-corrected chi connectivity index (χ3v) is 0.679. The summed E-state index contributed by atoms with van der Waals surface area (Å²) in [6.07, 6.45) is 0. The topological polar surface area (TPSA) is 134 Å². The fourth-order valence-corrected chi connectivity index (χ4v) is 0.277. The Morgan fingerprint density at radius 1 is 1.80 bits per heavy atom. The molecule has 0 aromatic rings. The fraction of sp³-hybridized carbons (Fsp3) is 0.500. The van der Waals surface area contributed by atoms with Gasteiger partial charge in [0.05, 0.1) is 4.92 Å². The Bertz CT molecular complexity index is 154. The average molecular weight is 149 g/mol. The van der Waals surface area contributed by atoms with Crippen LogP contribution in [0, 0.1) is 0 Å². The summed E-state index contributed by atoms with van der Waals surface area (Å²) in [4.78, 5) is 10.5. The van der Waals surface area contributed by atoms with Crippen LogP contribution in [-0.2, 0) is 4.79 Å². The van der Waals surface area contributed by atoms with Crippen molar-refractivity contribution in [1.82, 2.24) is 5.12 Å². The van der Waals surface area contributed by atoms with Crippen LogP contribution < -0.4 is 17.5 Å². The number of nitrogens with two attached hydrogens (primary N) is 3. The molecule has 0 unspecified atom stereocenters. The number of hydrogen-bond donors (Lipinski definition) is 4. The quantitative estimate of drug-likeness (QED) is 0.150. The largest absolute Gasteiger partial charge is 0.480 e. The number of carboxylic acid groups (broad SMARTS) is 1. The molecule has 10 heavy (non-hydrogen) atoms. The molecule has 0 saturated carbocycles. The number of aliphatic carboxylic acids is 1. The monoisotopic (exact) mass is 149 g/mol. The highest BCUT2D eigenvalue weighted by molar-refractivity contribution is 5.68. The first-order chi connectivity index (χ1) is 4.57. The van der Waals surface area contributed by atoms with Crippen LogP contribution in [-0.4, -0.2) is 27.7 Å². The first-order valence-electron chi connectivity index (χ1n) is 2.27. The smallest absolute Gasteiger partial charge is 0.328 e. The molecule has 8 heteroatoms. The highest BCUT2D eigenvalue weighted by atomic mass is 16.4.